The van der Waals surface area contributed by atoms with Crippen molar-refractivity contribution in [3.05, 3.63) is 60.2 Å². The van der Waals surface area contributed by atoms with Crippen molar-refractivity contribution < 1.29 is 12.8 Å². The van der Waals surface area contributed by atoms with E-state index in [0.717, 1.165) is 44.9 Å². The summed E-state index contributed by atoms with van der Waals surface area (Å²) in [5.41, 5.74) is 4.47. The van der Waals surface area contributed by atoms with Crippen molar-refractivity contribution in [2.24, 2.45) is 0 Å². The fraction of sp³-hybridized carbons (Fsp3) is 0.111. The van der Waals surface area contributed by atoms with Gasteiger partial charge >= 0.3 is 0 Å². The first kappa shape index (κ1) is 15.9. The van der Waals surface area contributed by atoms with Crippen LogP contribution in [0.2, 0.25) is 0 Å². The van der Waals surface area contributed by atoms with Crippen molar-refractivity contribution >= 4 is 31.8 Å². The Morgan fingerprint density at radius 1 is 1.08 bits per heavy atom. The molecule has 0 saturated carbocycles. The minimum Gasteiger partial charge on any atom is -0.360 e. The zero-order valence-corrected chi connectivity index (χ0v) is 14.2. The Kier molecular flexibility index (Phi) is 3.63. The van der Waals surface area contributed by atoms with Crippen LogP contribution in [0.4, 0.5) is 4.39 Å². The molecular weight excluding hydrogens is 341 g/mol. The van der Waals surface area contributed by atoms with Gasteiger partial charge in [-0.05, 0) is 42.0 Å². The molecule has 2 aromatic heterocycles. The molecule has 128 valence electrons. The number of hydrogen-bond donors (Lipinski definition) is 3. The van der Waals surface area contributed by atoms with Crippen molar-refractivity contribution in [1.29, 1.82) is 0 Å². The number of hydrogen-bond acceptors (Lipinski definition) is 2. The second kappa shape index (κ2) is 5.72. The second-order valence-electron chi connectivity index (χ2n) is 6.08. The van der Waals surface area contributed by atoms with Crippen molar-refractivity contribution in [2.75, 3.05) is 6.26 Å². The first-order valence-electron chi connectivity index (χ1n) is 7.72. The van der Waals surface area contributed by atoms with Gasteiger partial charge in [0.1, 0.15) is 5.82 Å². The topological polar surface area (TPSA) is 77.8 Å². The maximum Gasteiger partial charge on any atom is 0.209 e. The maximum absolute atomic E-state index is 13.3. The number of sulfonamides is 1. The van der Waals surface area contributed by atoms with Gasteiger partial charge in [-0.1, -0.05) is 6.07 Å². The van der Waals surface area contributed by atoms with Crippen LogP contribution in [0.3, 0.4) is 0 Å². The molecule has 0 fully saturated rings. The van der Waals surface area contributed by atoms with Crippen molar-refractivity contribution in [3.8, 4) is 11.1 Å². The van der Waals surface area contributed by atoms with Gasteiger partial charge in [0, 0.05) is 39.3 Å². The van der Waals surface area contributed by atoms with Gasteiger partial charge in [-0.3, -0.25) is 0 Å². The van der Waals surface area contributed by atoms with E-state index in [4.69, 9.17) is 0 Å². The van der Waals surface area contributed by atoms with E-state index in [2.05, 4.69) is 14.7 Å². The molecule has 0 saturated heterocycles. The van der Waals surface area contributed by atoms with Crippen LogP contribution in [0, 0.1) is 5.82 Å². The van der Waals surface area contributed by atoms with Gasteiger partial charge in [-0.15, -0.1) is 0 Å². The van der Waals surface area contributed by atoms with Crippen LogP contribution >= 0.6 is 0 Å². The Labute approximate surface area is 143 Å². The van der Waals surface area contributed by atoms with Crippen LogP contribution in [0.15, 0.2) is 48.7 Å². The molecule has 0 spiro atoms. The van der Waals surface area contributed by atoms with E-state index in [1.165, 1.54) is 12.1 Å². The van der Waals surface area contributed by atoms with Crippen LogP contribution in [0.1, 0.15) is 5.69 Å². The lowest BCUT2D eigenvalue weighted by molar-refractivity contribution is 0.587. The summed E-state index contributed by atoms with van der Waals surface area (Å²) < 4.78 is 38.3. The lowest BCUT2D eigenvalue weighted by Crippen LogP contribution is -2.21. The zero-order valence-electron chi connectivity index (χ0n) is 13.4. The highest BCUT2D eigenvalue weighted by molar-refractivity contribution is 7.88. The molecule has 4 rings (SSSR count). The van der Waals surface area contributed by atoms with E-state index < -0.39 is 10.0 Å². The highest BCUT2D eigenvalue weighted by atomic mass is 32.2. The standard InChI is InChI=1S/C18H16FN3O2S/c1-25(23,24)21-9-14-7-12-6-11(2-5-17(12)22-14)16-10-20-18-8-13(19)3-4-15(16)18/h2-8,10,20-22H,9H2,1H3. The van der Waals surface area contributed by atoms with Gasteiger partial charge in [0.15, 0.2) is 0 Å². The Hall–Kier alpha value is -2.64. The van der Waals surface area contributed by atoms with Crippen molar-refractivity contribution in [3.63, 3.8) is 0 Å². The van der Waals surface area contributed by atoms with E-state index in [1.54, 1.807) is 6.07 Å². The third kappa shape index (κ3) is 3.16. The number of halogens is 1. The average Bonchev–Trinajstić information content (AvgIpc) is 3.14. The molecule has 0 aliphatic heterocycles. The summed E-state index contributed by atoms with van der Waals surface area (Å²) in [6.45, 7) is 0.217. The van der Waals surface area contributed by atoms with Gasteiger partial charge in [0.25, 0.3) is 0 Å². The largest absolute Gasteiger partial charge is 0.360 e. The lowest BCUT2D eigenvalue weighted by Gasteiger charge is -2.00. The predicted octanol–water partition coefficient (Wildman–Crippen LogP) is 3.50. The Balaban J connectivity index is 1.73. The smallest absolute Gasteiger partial charge is 0.209 e. The van der Waals surface area contributed by atoms with Gasteiger partial charge in [-0.2, -0.15) is 0 Å². The van der Waals surface area contributed by atoms with E-state index in [9.17, 15) is 12.8 Å². The molecule has 2 aromatic carbocycles. The van der Waals surface area contributed by atoms with Crippen LogP contribution in [-0.2, 0) is 16.6 Å². The Morgan fingerprint density at radius 3 is 2.72 bits per heavy atom. The highest BCUT2D eigenvalue weighted by Gasteiger charge is 2.09. The fourth-order valence-electron chi connectivity index (χ4n) is 3.00. The molecule has 2 heterocycles. The summed E-state index contributed by atoms with van der Waals surface area (Å²) in [6.07, 6.45) is 3.00. The monoisotopic (exact) mass is 357 g/mol. The molecule has 0 unspecified atom stereocenters. The number of benzene rings is 2. The van der Waals surface area contributed by atoms with Crippen molar-refractivity contribution in [2.45, 2.75) is 6.54 Å². The summed E-state index contributed by atoms with van der Waals surface area (Å²) in [6, 6.07) is 12.6. The molecule has 4 aromatic rings. The Morgan fingerprint density at radius 2 is 1.92 bits per heavy atom. The SMILES string of the molecule is CS(=O)(=O)NCc1cc2cc(-c3c[nH]c4cc(F)ccc34)ccc2[nH]1. The minimum absolute atomic E-state index is 0.217. The van der Waals surface area contributed by atoms with E-state index >= 15 is 0 Å². The molecule has 0 bridgehead atoms. The molecule has 0 aliphatic rings. The number of nitrogens with one attached hydrogen (secondary N) is 3. The number of rotatable bonds is 4. The normalized spacial score (nSPS) is 12.2. The molecule has 5 nitrogen and oxygen atoms in total. The molecule has 7 heteroatoms. The maximum atomic E-state index is 13.3. The second-order valence-corrected chi connectivity index (χ2v) is 7.92. The number of fused-ring (bicyclic) bond motifs is 2. The van der Waals surface area contributed by atoms with Gasteiger partial charge in [0.05, 0.1) is 12.8 Å². The molecular formula is C18H16FN3O2S. The average molecular weight is 357 g/mol. The third-order valence-electron chi connectivity index (χ3n) is 4.16. The third-order valence-corrected chi connectivity index (χ3v) is 4.82. The molecule has 0 atom stereocenters. The first-order valence-corrected chi connectivity index (χ1v) is 9.61. The molecule has 0 aliphatic carbocycles. The number of H-pyrrole nitrogens is 2. The summed E-state index contributed by atoms with van der Waals surface area (Å²) in [7, 11) is -3.24. The summed E-state index contributed by atoms with van der Waals surface area (Å²) >= 11 is 0. The van der Waals surface area contributed by atoms with Gasteiger partial charge in [0.2, 0.25) is 10.0 Å². The highest BCUT2D eigenvalue weighted by Crippen LogP contribution is 2.31. The number of aromatic nitrogens is 2. The molecule has 0 amide bonds. The van der Waals surface area contributed by atoms with Gasteiger partial charge < -0.3 is 9.97 Å². The lowest BCUT2D eigenvalue weighted by atomic mass is 10.0. The number of aromatic amines is 2. The molecule has 25 heavy (non-hydrogen) atoms. The summed E-state index contributed by atoms with van der Waals surface area (Å²) in [5.74, 6) is -0.273. The molecule has 0 radical (unpaired) electrons. The van der Waals surface area contributed by atoms with E-state index in [-0.39, 0.29) is 12.4 Å². The van der Waals surface area contributed by atoms with Crippen LogP contribution < -0.4 is 4.72 Å². The fourth-order valence-corrected chi connectivity index (χ4v) is 3.42. The van der Waals surface area contributed by atoms with Crippen LogP contribution in [0.25, 0.3) is 32.9 Å². The first-order chi connectivity index (χ1) is 11.9. The van der Waals surface area contributed by atoms with Gasteiger partial charge in [-0.25, -0.2) is 17.5 Å². The quantitative estimate of drug-likeness (QED) is 0.523. The summed E-state index contributed by atoms with van der Waals surface area (Å²) in [4.78, 5) is 6.29. The summed E-state index contributed by atoms with van der Waals surface area (Å²) in [5, 5.41) is 1.94. The molecule has 3 N–H and O–H groups in total. The van der Waals surface area contributed by atoms with E-state index in [0.29, 0.717) is 0 Å². The van der Waals surface area contributed by atoms with Crippen LogP contribution in [-0.4, -0.2) is 24.6 Å². The predicted molar refractivity (Wildman–Crippen MR) is 97.2 cm³/mol. The zero-order chi connectivity index (χ0) is 17.6. The minimum atomic E-state index is -3.24. The van der Waals surface area contributed by atoms with Crippen molar-refractivity contribution in [1.82, 2.24) is 14.7 Å². The Bertz CT molecular complexity index is 1190. The van der Waals surface area contributed by atoms with E-state index in [1.807, 2.05) is 30.5 Å². The van der Waals surface area contributed by atoms with Crippen LogP contribution in [0.5, 0.6) is 0 Å².